The summed E-state index contributed by atoms with van der Waals surface area (Å²) in [6, 6.07) is 0. The van der Waals surface area contributed by atoms with Crippen molar-refractivity contribution < 1.29 is 8.62 Å². The summed E-state index contributed by atoms with van der Waals surface area (Å²) in [6.45, 7) is 3.76. The predicted octanol–water partition coefficient (Wildman–Crippen LogP) is 1.89. The maximum absolute atomic E-state index is 10.5. The van der Waals surface area contributed by atoms with Gasteiger partial charge in [0.15, 0.2) is 16.3 Å². The Morgan fingerprint density at radius 1 is 1.88 bits per heavy atom. The third-order valence-corrected chi connectivity index (χ3v) is 1.41. The highest BCUT2D eigenvalue weighted by Gasteiger charge is 2.09. The quantitative estimate of drug-likeness (QED) is 0.650. The van der Waals surface area contributed by atoms with E-state index in [4.69, 9.17) is 0 Å². The Kier molecular flexibility index (Phi) is 3.87. The van der Waals surface area contributed by atoms with Crippen molar-refractivity contribution in [1.82, 2.24) is 0 Å². The van der Waals surface area contributed by atoms with Crippen LogP contribution in [0.1, 0.15) is 20.3 Å². The molecule has 0 N–H and O–H groups in total. The molecule has 0 rings (SSSR count). The fourth-order valence-electron chi connectivity index (χ4n) is 0.243. The average molecular weight is 181 g/mol. The molecule has 1 atom stereocenters. The van der Waals surface area contributed by atoms with E-state index < -0.39 is 0 Å². The topological polar surface area (TPSA) is 26.3 Å². The van der Waals surface area contributed by atoms with Gasteiger partial charge in [0.05, 0.1) is 5.92 Å². The highest BCUT2D eigenvalue weighted by atomic mass is 79.9. The molecule has 0 radical (unpaired) electrons. The third-order valence-electron chi connectivity index (χ3n) is 1.09. The molecule has 0 amide bonds. The molecule has 0 aliphatic heterocycles. The van der Waals surface area contributed by atoms with Gasteiger partial charge in [-0.15, -0.1) is 0 Å². The van der Waals surface area contributed by atoms with Gasteiger partial charge in [0.1, 0.15) is 0 Å². The van der Waals surface area contributed by atoms with Crippen LogP contribution in [0.15, 0.2) is 0 Å². The SMILES string of the molecule is CCC(C)C(=O)OBr. The standard InChI is InChI=1S/C5H9BrO2/c1-3-4(2)5(7)8-6/h4H,3H2,1-2H3. The summed E-state index contributed by atoms with van der Waals surface area (Å²) in [6.07, 6.45) is 0.824. The first kappa shape index (κ1) is 7.95. The fourth-order valence-corrected chi connectivity index (χ4v) is 0.562. The molecule has 0 aliphatic carbocycles. The van der Waals surface area contributed by atoms with E-state index in [0.717, 1.165) is 6.42 Å². The van der Waals surface area contributed by atoms with Crippen molar-refractivity contribution in [3.05, 3.63) is 0 Å². The molecular formula is C5H9BrO2. The first-order chi connectivity index (χ1) is 3.72. The second kappa shape index (κ2) is 3.89. The Labute approximate surface area is 57.7 Å². The van der Waals surface area contributed by atoms with Gasteiger partial charge in [0.2, 0.25) is 0 Å². The summed E-state index contributed by atoms with van der Waals surface area (Å²) in [7, 11) is 0. The van der Waals surface area contributed by atoms with E-state index in [0.29, 0.717) is 0 Å². The minimum atomic E-state index is -0.201. The molecule has 0 fully saturated rings. The van der Waals surface area contributed by atoms with Crippen LogP contribution in [0.25, 0.3) is 0 Å². The molecule has 2 nitrogen and oxygen atoms in total. The van der Waals surface area contributed by atoms with Crippen molar-refractivity contribution in [2.45, 2.75) is 20.3 Å². The normalized spacial score (nSPS) is 12.9. The van der Waals surface area contributed by atoms with E-state index in [2.05, 4.69) is 20.1 Å². The zero-order valence-electron chi connectivity index (χ0n) is 4.98. The van der Waals surface area contributed by atoms with Crippen molar-refractivity contribution >= 4 is 22.2 Å². The van der Waals surface area contributed by atoms with Gasteiger partial charge in [-0.2, -0.15) is 0 Å². The molecule has 0 bridgehead atoms. The molecule has 3 heteroatoms. The van der Waals surface area contributed by atoms with Crippen LogP contribution in [0, 0.1) is 5.92 Å². The Morgan fingerprint density at radius 3 is 2.50 bits per heavy atom. The third kappa shape index (κ3) is 2.31. The second-order valence-corrected chi connectivity index (χ2v) is 2.03. The molecule has 0 aromatic heterocycles. The van der Waals surface area contributed by atoms with Crippen LogP contribution < -0.4 is 0 Å². The zero-order valence-corrected chi connectivity index (χ0v) is 6.56. The summed E-state index contributed by atoms with van der Waals surface area (Å²) in [5.41, 5.74) is 0. The highest BCUT2D eigenvalue weighted by Crippen LogP contribution is 2.04. The number of carbonyl (C=O) groups excluding carboxylic acids is 1. The van der Waals surface area contributed by atoms with Gasteiger partial charge in [0.25, 0.3) is 0 Å². The molecule has 0 saturated heterocycles. The Hall–Kier alpha value is -0.0500. The number of hydrogen-bond donors (Lipinski definition) is 0. The van der Waals surface area contributed by atoms with E-state index in [9.17, 15) is 4.79 Å². The summed E-state index contributed by atoms with van der Waals surface area (Å²) in [5.74, 6) is -0.193. The molecule has 48 valence electrons. The summed E-state index contributed by atoms with van der Waals surface area (Å²) >= 11 is 2.61. The highest BCUT2D eigenvalue weighted by molar-refractivity contribution is 9.06. The molecule has 0 aromatic rings. The largest absolute Gasteiger partial charge is 0.383 e. The van der Waals surface area contributed by atoms with E-state index in [1.54, 1.807) is 0 Å². The lowest BCUT2D eigenvalue weighted by Gasteiger charge is -2.00. The first-order valence-electron chi connectivity index (χ1n) is 2.54. The van der Waals surface area contributed by atoms with Crippen LogP contribution in [-0.4, -0.2) is 5.97 Å². The average Bonchev–Trinajstić information content (AvgIpc) is 1.84. The van der Waals surface area contributed by atoms with E-state index >= 15 is 0 Å². The van der Waals surface area contributed by atoms with Gasteiger partial charge < -0.3 is 3.83 Å². The number of carbonyl (C=O) groups is 1. The fraction of sp³-hybridized carbons (Fsp3) is 0.800. The molecule has 0 aliphatic rings. The minimum absolute atomic E-state index is 0.00868. The smallest absolute Gasteiger partial charge is 0.320 e. The summed E-state index contributed by atoms with van der Waals surface area (Å²) < 4.78 is 4.28. The van der Waals surface area contributed by atoms with Gasteiger partial charge in [-0.05, 0) is 6.42 Å². The van der Waals surface area contributed by atoms with Gasteiger partial charge in [0, 0.05) is 0 Å². The number of rotatable bonds is 2. The lowest BCUT2D eigenvalue weighted by atomic mass is 10.1. The number of halogens is 1. The molecule has 0 spiro atoms. The van der Waals surface area contributed by atoms with Crippen LogP contribution in [0.5, 0.6) is 0 Å². The monoisotopic (exact) mass is 180 g/mol. The molecule has 8 heavy (non-hydrogen) atoms. The van der Waals surface area contributed by atoms with Crippen LogP contribution >= 0.6 is 16.3 Å². The van der Waals surface area contributed by atoms with Gasteiger partial charge in [-0.1, -0.05) is 13.8 Å². The van der Waals surface area contributed by atoms with Crippen LogP contribution in [0.4, 0.5) is 0 Å². The van der Waals surface area contributed by atoms with Crippen LogP contribution in [-0.2, 0) is 8.62 Å². The second-order valence-electron chi connectivity index (χ2n) is 1.71. The van der Waals surface area contributed by atoms with Crippen molar-refractivity contribution in [2.75, 3.05) is 0 Å². The Bertz CT molecular complexity index is 82.5. The Balaban J connectivity index is 3.46. The molecule has 0 aromatic carbocycles. The summed E-state index contributed by atoms with van der Waals surface area (Å²) in [5, 5.41) is 0. The van der Waals surface area contributed by atoms with E-state index in [1.165, 1.54) is 0 Å². The molecule has 0 saturated carbocycles. The molecule has 0 heterocycles. The molecule has 1 unspecified atom stereocenters. The van der Waals surface area contributed by atoms with Crippen molar-refractivity contribution in [3.63, 3.8) is 0 Å². The Morgan fingerprint density at radius 2 is 2.38 bits per heavy atom. The van der Waals surface area contributed by atoms with Crippen molar-refractivity contribution in [1.29, 1.82) is 0 Å². The van der Waals surface area contributed by atoms with Gasteiger partial charge in [-0.3, -0.25) is 4.79 Å². The summed E-state index contributed by atoms with van der Waals surface area (Å²) in [4.78, 5) is 10.5. The lowest BCUT2D eigenvalue weighted by molar-refractivity contribution is -0.136. The minimum Gasteiger partial charge on any atom is -0.383 e. The lowest BCUT2D eigenvalue weighted by Crippen LogP contribution is -2.08. The van der Waals surface area contributed by atoms with Crippen LogP contribution in [0.2, 0.25) is 0 Å². The maximum Gasteiger partial charge on any atom is 0.320 e. The first-order valence-corrected chi connectivity index (χ1v) is 3.19. The van der Waals surface area contributed by atoms with Crippen molar-refractivity contribution in [2.24, 2.45) is 5.92 Å². The van der Waals surface area contributed by atoms with Crippen molar-refractivity contribution in [3.8, 4) is 0 Å². The van der Waals surface area contributed by atoms with E-state index in [-0.39, 0.29) is 11.9 Å². The van der Waals surface area contributed by atoms with E-state index in [1.807, 2.05) is 13.8 Å². The van der Waals surface area contributed by atoms with Crippen LogP contribution in [0.3, 0.4) is 0 Å². The number of hydrogen-bond acceptors (Lipinski definition) is 2. The van der Waals surface area contributed by atoms with Gasteiger partial charge in [-0.25, -0.2) is 0 Å². The van der Waals surface area contributed by atoms with Gasteiger partial charge >= 0.3 is 5.97 Å². The predicted molar refractivity (Wildman–Crippen MR) is 34.5 cm³/mol. The zero-order chi connectivity index (χ0) is 6.57. The maximum atomic E-state index is 10.5. The molecular weight excluding hydrogens is 172 g/mol.